The van der Waals surface area contributed by atoms with E-state index < -0.39 is 16.1 Å². The maximum absolute atomic E-state index is 13.4. The zero-order chi connectivity index (χ0) is 30.1. The van der Waals surface area contributed by atoms with Crippen LogP contribution in [0.5, 0.6) is 5.75 Å². The van der Waals surface area contributed by atoms with Crippen molar-refractivity contribution in [1.82, 2.24) is 10.0 Å². The molecule has 0 spiro atoms. The lowest BCUT2D eigenvalue weighted by molar-refractivity contribution is -0.128. The number of para-hydroxylation sites is 2. The van der Waals surface area contributed by atoms with Crippen molar-refractivity contribution in [3.8, 4) is 5.75 Å². The van der Waals surface area contributed by atoms with Crippen LogP contribution in [-0.4, -0.2) is 46.0 Å². The maximum Gasteiger partial charge on any atom is 0.262 e. The highest BCUT2D eigenvalue weighted by atomic mass is 32.2. The Balaban J connectivity index is 1.15. The Morgan fingerprint density at radius 3 is 1.98 bits per heavy atom. The number of benzene rings is 4. The van der Waals surface area contributed by atoms with Crippen molar-refractivity contribution in [1.29, 1.82) is 0 Å². The number of hydrogen-bond acceptors (Lipinski definition) is 5. The molecule has 2 amide bonds. The zero-order valence-corrected chi connectivity index (χ0v) is 24.6. The summed E-state index contributed by atoms with van der Waals surface area (Å²) in [6.45, 7) is 0.876. The van der Waals surface area contributed by atoms with Gasteiger partial charge in [-0.3, -0.25) is 9.59 Å². The Bertz CT molecular complexity index is 1630. The molecule has 4 aromatic rings. The Morgan fingerprint density at radius 2 is 1.30 bits per heavy atom. The average molecular weight is 598 g/mol. The van der Waals surface area contributed by atoms with Gasteiger partial charge in [0.25, 0.3) is 5.91 Å². The van der Waals surface area contributed by atoms with Gasteiger partial charge in [-0.05, 0) is 60.2 Å². The van der Waals surface area contributed by atoms with Crippen molar-refractivity contribution in [2.75, 3.05) is 24.5 Å². The van der Waals surface area contributed by atoms with Gasteiger partial charge in [-0.25, -0.2) is 13.1 Å². The van der Waals surface area contributed by atoms with Gasteiger partial charge in [0.05, 0.1) is 17.1 Å². The molecule has 1 atom stereocenters. The molecule has 4 aromatic carbocycles. The quantitative estimate of drug-likeness (QED) is 0.254. The van der Waals surface area contributed by atoms with E-state index >= 15 is 0 Å². The van der Waals surface area contributed by atoms with Crippen LogP contribution in [0.2, 0.25) is 0 Å². The average Bonchev–Trinajstić information content (AvgIpc) is 3.04. The van der Waals surface area contributed by atoms with Gasteiger partial charge in [-0.1, -0.05) is 84.9 Å². The topological polar surface area (TPSA) is 105 Å². The molecule has 0 unspecified atom stereocenters. The van der Waals surface area contributed by atoms with Crippen molar-refractivity contribution in [3.05, 3.63) is 126 Å². The number of amides is 2. The van der Waals surface area contributed by atoms with E-state index in [2.05, 4.69) is 10.0 Å². The Hall–Kier alpha value is -4.47. The molecule has 1 heterocycles. The van der Waals surface area contributed by atoms with E-state index in [1.165, 1.54) is 0 Å². The molecule has 222 valence electrons. The lowest BCUT2D eigenvalue weighted by atomic mass is 10.1. The summed E-state index contributed by atoms with van der Waals surface area (Å²) in [5, 5.41) is 2.93. The Labute approximate surface area is 252 Å². The van der Waals surface area contributed by atoms with Gasteiger partial charge in [0.2, 0.25) is 15.9 Å². The second kappa shape index (κ2) is 14.1. The van der Waals surface area contributed by atoms with Crippen LogP contribution in [-0.2, 0) is 38.9 Å². The number of fused-ring (bicyclic) bond motifs is 1. The minimum atomic E-state index is -3.64. The van der Waals surface area contributed by atoms with Gasteiger partial charge in [0.15, 0.2) is 6.10 Å². The molecule has 2 N–H and O–H groups in total. The van der Waals surface area contributed by atoms with Gasteiger partial charge < -0.3 is 15.0 Å². The summed E-state index contributed by atoms with van der Waals surface area (Å²) in [6.07, 6.45) is 1.09. The fourth-order valence-corrected chi connectivity index (χ4v) is 6.01. The highest BCUT2D eigenvalue weighted by Crippen LogP contribution is 2.33. The summed E-state index contributed by atoms with van der Waals surface area (Å²) in [5.41, 5.74) is 3.65. The third kappa shape index (κ3) is 8.09. The van der Waals surface area contributed by atoms with Gasteiger partial charge >= 0.3 is 0 Å². The highest BCUT2D eigenvalue weighted by Gasteiger charge is 2.33. The number of nitrogens with one attached hydrogen (secondary N) is 2. The molecular weight excluding hydrogens is 562 g/mol. The predicted molar refractivity (Wildman–Crippen MR) is 166 cm³/mol. The molecule has 0 fully saturated rings. The van der Waals surface area contributed by atoms with Crippen LogP contribution in [0.15, 0.2) is 114 Å². The van der Waals surface area contributed by atoms with Crippen molar-refractivity contribution in [2.24, 2.45) is 0 Å². The Morgan fingerprint density at radius 1 is 0.721 bits per heavy atom. The van der Waals surface area contributed by atoms with E-state index in [-0.39, 0.29) is 29.7 Å². The van der Waals surface area contributed by atoms with E-state index in [9.17, 15) is 18.0 Å². The Kier molecular flexibility index (Phi) is 9.86. The fraction of sp³-hybridized carbons (Fsp3) is 0.235. The van der Waals surface area contributed by atoms with Crippen molar-refractivity contribution < 1.29 is 22.7 Å². The number of aryl methyl sites for hydroxylation is 1. The fourth-order valence-electron chi connectivity index (χ4n) is 4.97. The molecule has 0 radical (unpaired) electrons. The van der Waals surface area contributed by atoms with Crippen LogP contribution in [0.3, 0.4) is 0 Å². The number of nitrogens with zero attached hydrogens (tertiary/aromatic N) is 1. The number of carbonyl (C=O) groups is 2. The molecule has 9 heteroatoms. The lowest BCUT2D eigenvalue weighted by Gasteiger charge is -2.34. The van der Waals surface area contributed by atoms with Crippen LogP contribution in [0, 0.1) is 0 Å². The molecule has 5 rings (SSSR count). The van der Waals surface area contributed by atoms with Gasteiger partial charge in [0, 0.05) is 19.5 Å². The summed E-state index contributed by atoms with van der Waals surface area (Å²) in [4.78, 5) is 28.2. The second-order valence-electron chi connectivity index (χ2n) is 10.4. The summed E-state index contributed by atoms with van der Waals surface area (Å²) in [5.74, 6) is 0.0779. The summed E-state index contributed by atoms with van der Waals surface area (Å²) >= 11 is 0. The van der Waals surface area contributed by atoms with Crippen molar-refractivity contribution in [2.45, 2.75) is 36.7 Å². The van der Waals surface area contributed by atoms with E-state index in [0.717, 1.165) is 16.7 Å². The van der Waals surface area contributed by atoms with E-state index in [4.69, 9.17) is 4.74 Å². The summed E-state index contributed by atoms with van der Waals surface area (Å²) in [7, 11) is -3.64. The van der Waals surface area contributed by atoms with E-state index in [1.807, 2.05) is 72.8 Å². The molecule has 1 aliphatic heterocycles. The van der Waals surface area contributed by atoms with Crippen LogP contribution in [0.1, 0.15) is 23.1 Å². The number of sulfonamides is 1. The first-order valence-electron chi connectivity index (χ1n) is 14.4. The lowest BCUT2D eigenvalue weighted by Crippen LogP contribution is -2.51. The third-order valence-corrected chi connectivity index (χ3v) is 8.81. The number of rotatable bonds is 12. The van der Waals surface area contributed by atoms with Gasteiger partial charge in [0.1, 0.15) is 5.75 Å². The number of ether oxygens (including phenoxy) is 1. The molecule has 0 aromatic heterocycles. The van der Waals surface area contributed by atoms with E-state index in [0.29, 0.717) is 43.8 Å². The highest BCUT2D eigenvalue weighted by molar-refractivity contribution is 7.89. The third-order valence-electron chi connectivity index (χ3n) is 7.33. The van der Waals surface area contributed by atoms with Crippen LogP contribution in [0.4, 0.5) is 5.69 Å². The van der Waals surface area contributed by atoms with Crippen molar-refractivity contribution in [3.63, 3.8) is 0 Å². The summed E-state index contributed by atoms with van der Waals surface area (Å²) < 4.78 is 34.1. The molecule has 0 aliphatic carbocycles. The maximum atomic E-state index is 13.4. The van der Waals surface area contributed by atoms with E-state index in [1.54, 1.807) is 41.3 Å². The minimum absolute atomic E-state index is 0.110. The molecular formula is C34H35N3O5S. The molecule has 0 saturated carbocycles. The normalized spacial score (nSPS) is 14.4. The van der Waals surface area contributed by atoms with Crippen LogP contribution >= 0.6 is 0 Å². The first-order valence-corrected chi connectivity index (χ1v) is 15.9. The molecule has 0 bridgehead atoms. The molecule has 1 aliphatic rings. The first-order chi connectivity index (χ1) is 20.9. The van der Waals surface area contributed by atoms with Gasteiger partial charge in [-0.15, -0.1) is 0 Å². The molecule has 0 saturated heterocycles. The SMILES string of the molecule is O=C(NCCc1ccccc1)[C@H]1CN(C(=O)CCc2ccc(S(=O)(=O)NCCc3ccccc3)cc2)c2ccccc2O1. The molecule has 8 nitrogen and oxygen atoms in total. The van der Waals surface area contributed by atoms with Crippen LogP contribution in [0.25, 0.3) is 0 Å². The smallest absolute Gasteiger partial charge is 0.262 e. The first kappa shape index (κ1) is 30.0. The summed E-state index contributed by atoms with van der Waals surface area (Å²) in [6, 6.07) is 33.4. The molecule has 43 heavy (non-hydrogen) atoms. The number of hydrogen-bond donors (Lipinski definition) is 2. The second-order valence-corrected chi connectivity index (χ2v) is 12.1. The largest absolute Gasteiger partial charge is 0.477 e. The number of carbonyl (C=O) groups excluding carboxylic acids is 2. The van der Waals surface area contributed by atoms with Crippen molar-refractivity contribution >= 4 is 27.5 Å². The zero-order valence-electron chi connectivity index (χ0n) is 23.8. The number of anilines is 1. The monoisotopic (exact) mass is 597 g/mol. The minimum Gasteiger partial charge on any atom is -0.477 e. The standard InChI is InChI=1S/C34H35N3O5S/c38-33(20-17-28-15-18-29(19-16-28)43(40,41)36-24-22-27-11-5-2-6-12-27)37-25-32(42-31-14-8-7-13-30(31)37)34(39)35-23-21-26-9-3-1-4-10-26/h1-16,18-19,32,36H,17,20-25H2,(H,35,39)/t32-/m1/s1. The van der Waals surface area contributed by atoms with Crippen LogP contribution < -0.4 is 19.7 Å². The van der Waals surface area contributed by atoms with Gasteiger partial charge in [-0.2, -0.15) is 0 Å². The predicted octanol–water partition coefficient (Wildman–Crippen LogP) is 4.29.